The second-order valence-electron chi connectivity index (χ2n) is 4.25. The van der Waals surface area contributed by atoms with E-state index in [1.807, 2.05) is 25.1 Å². The van der Waals surface area contributed by atoms with Crippen LogP contribution in [0, 0.1) is 6.92 Å². The van der Waals surface area contributed by atoms with Gasteiger partial charge in [0.05, 0.1) is 11.4 Å². The van der Waals surface area contributed by atoms with Gasteiger partial charge in [-0.3, -0.25) is 4.79 Å². The third kappa shape index (κ3) is 4.44. The van der Waals surface area contributed by atoms with Gasteiger partial charge in [0.1, 0.15) is 4.60 Å². The zero-order valence-electron chi connectivity index (χ0n) is 10.6. The first-order chi connectivity index (χ1) is 9.15. The fourth-order valence-corrected chi connectivity index (χ4v) is 2.90. The number of aromatic nitrogens is 1. The summed E-state index contributed by atoms with van der Waals surface area (Å²) in [7, 11) is 0. The average Bonchev–Trinajstić information content (AvgIpc) is 2.86. The zero-order chi connectivity index (χ0) is 13.7. The maximum Gasteiger partial charge on any atom is 0.224 e. The highest BCUT2D eigenvalue weighted by Crippen LogP contribution is 2.17. The number of nitrogens with one attached hydrogen (secondary N) is 1. The number of pyridine rings is 1. The molecule has 0 radical (unpaired) electrons. The van der Waals surface area contributed by atoms with E-state index < -0.39 is 0 Å². The molecule has 2 aromatic rings. The molecule has 19 heavy (non-hydrogen) atoms. The molecule has 0 bridgehead atoms. The molecular formula is C14H15BrN2OS. The lowest BCUT2D eigenvalue weighted by atomic mass is 10.2. The van der Waals surface area contributed by atoms with Crippen molar-refractivity contribution in [2.75, 3.05) is 5.32 Å². The summed E-state index contributed by atoms with van der Waals surface area (Å²) in [5.41, 5.74) is 1.60. The Hall–Kier alpha value is -1.20. The fraction of sp³-hybridized carbons (Fsp3) is 0.286. The van der Waals surface area contributed by atoms with Crippen molar-refractivity contribution in [3.8, 4) is 0 Å². The van der Waals surface area contributed by atoms with Gasteiger partial charge in [-0.15, -0.1) is 11.3 Å². The fourth-order valence-electron chi connectivity index (χ4n) is 1.75. The Morgan fingerprint density at radius 1 is 1.42 bits per heavy atom. The quantitative estimate of drug-likeness (QED) is 0.831. The topological polar surface area (TPSA) is 42.0 Å². The van der Waals surface area contributed by atoms with Crippen molar-refractivity contribution in [2.45, 2.75) is 26.2 Å². The lowest BCUT2D eigenvalue weighted by molar-refractivity contribution is -0.116. The number of hydrogen-bond donors (Lipinski definition) is 1. The van der Waals surface area contributed by atoms with Crippen LogP contribution < -0.4 is 5.32 Å². The number of amides is 1. The molecule has 100 valence electrons. The highest BCUT2D eigenvalue weighted by molar-refractivity contribution is 9.10. The summed E-state index contributed by atoms with van der Waals surface area (Å²) in [6, 6.07) is 7.83. The third-order valence-electron chi connectivity index (χ3n) is 2.73. The first-order valence-corrected chi connectivity index (χ1v) is 7.78. The van der Waals surface area contributed by atoms with Crippen LogP contribution in [0.4, 0.5) is 5.69 Å². The van der Waals surface area contributed by atoms with Crippen molar-refractivity contribution in [1.82, 2.24) is 4.98 Å². The van der Waals surface area contributed by atoms with Crippen LogP contribution in [-0.4, -0.2) is 10.9 Å². The number of halogens is 1. The van der Waals surface area contributed by atoms with Gasteiger partial charge in [-0.25, -0.2) is 4.98 Å². The van der Waals surface area contributed by atoms with Crippen LogP contribution in [0.15, 0.2) is 34.2 Å². The van der Waals surface area contributed by atoms with Crippen molar-refractivity contribution in [3.63, 3.8) is 0 Å². The third-order valence-corrected chi connectivity index (χ3v) is 4.11. The SMILES string of the molecule is Cc1nc(Br)ccc1NC(=O)CCCc1cccs1. The van der Waals surface area contributed by atoms with Crippen molar-refractivity contribution in [2.24, 2.45) is 0 Å². The molecule has 2 aromatic heterocycles. The molecule has 0 fully saturated rings. The zero-order valence-corrected chi connectivity index (χ0v) is 13.1. The van der Waals surface area contributed by atoms with E-state index in [9.17, 15) is 4.79 Å². The maximum absolute atomic E-state index is 11.8. The Morgan fingerprint density at radius 3 is 2.95 bits per heavy atom. The van der Waals surface area contributed by atoms with E-state index >= 15 is 0 Å². The number of carbonyl (C=O) groups excluding carboxylic acids is 1. The normalized spacial score (nSPS) is 10.4. The van der Waals surface area contributed by atoms with Gasteiger partial charge in [-0.05, 0) is 59.3 Å². The van der Waals surface area contributed by atoms with E-state index in [2.05, 4.69) is 37.7 Å². The summed E-state index contributed by atoms with van der Waals surface area (Å²) < 4.78 is 0.778. The molecule has 0 saturated heterocycles. The molecule has 0 unspecified atom stereocenters. The minimum Gasteiger partial charge on any atom is -0.325 e. The van der Waals surface area contributed by atoms with Crippen LogP contribution >= 0.6 is 27.3 Å². The van der Waals surface area contributed by atoms with Crippen LogP contribution in [0.3, 0.4) is 0 Å². The molecule has 3 nitrogen and oxygen atoms in total. The number of carbonyl (C=O) groups is 1. The first kappa shape index (κ1) is 14.2. The largest absolute Gasteiger partial charge is 0.325 e. The minimum absolute atomic E-state index is 0.0452. The van der Waals surface area contributed by atoms with E-state index in [1.54, 1.807) is 11.3 Å². The molecule has 0 spiro atoms. The number of rotatable bonds is 5. The summed E-state index contributed by atoms with van der Waals surface area (Å²) in [6.45, 7) is 1.88. The molecule has 2 heterocycles. The molecule has 5 heteroatoms. The van der Waals surface area contributed by atoms with E-state index in [1.165, 1.54) is 4.88 Å². The number of hydrogen-bond acceptors (Lipinski definition) is 3. The second-order valence-corrected chi connectivity index (χ2v) is 6.09. The first-order valence-electron chi connectivity index (χ1n) is 6.10. The lowest BCUT2D eigenvalue weighted by Crippen LogP contribution is -2.12. The lowest BCUT2D eigenvalue weighted by Gasteiger charge is -2.07. The Kier molecular flexibility index (Phi) is 5.10. The number of thiophene rings is 1. The van der Waals surface area contributed by atoms with Crippen molar-refractivity contribution in [1.29, 1.82) is 0 Å². The minimum atomic E-state index is 0.0452. The molecule has 1 N–H and O–H groups in total. The van der Waals surface area contributed by atoms with Crippen LogP contribution in [0.25, 0.3) is 0 Å². The van der Waals surface area contributed by atoms with E-state index in [0.29, 0.717) is 6.42 Å². The molecule has 1 amide bonds. The Labute approximate surface area is 125 Å². The Bertz CT molecular complexity index is 555. The average molecular weight is 339 g/mol. The molecule has 0 aliphatic carbocycles. The van der Waals surface area contributed by atoms with Crippen LogP contribution in [0.1, 0.15) is 23.4 Å². The summed E-state index contributed by atoms with van der Waals surface area (Å²) in [4.78, 5) is 17.4. The van der Waals surface area contributed by atoms with Crippen LogP contribution in [0.5, 0.6) is 0 Å². The summed E-state index contributed by atoms with van der Waals surface area (Å²) in [5, 5.41) is 4.96. The molecule has 0 saturated carbocycles. The van der Waals surface area contributed by atoms with Gasteiger partial charge in [0.25, 0.3) is 0 Å². The van der Waals surface area contributed by atoms with Gasteiger partial charge >= 0.3 is 0 Å². The molecule has 0 atom stereocenters. The van der Waals surface area contributed by atoms with E-state index in [-0.39, 0.29) is 5.91 Å². The van der Waals surface area contributed by atoms with Gasteiger partial charge in [-0.2, -0.15) is 0 Å². The maximum atomic E-state index is 11.8. The summed E-state index contributed by atoms with van der Waals surface area (Å²) >= 11 is 5.04. The van der Waals surface area contributed by atoms with Crippen molar-refractivity contribution < 1.29 is 4.79 Å². The van der Waals surface area contributed by atoms with Gasteiger partial charge < -0.3 is 5.32 Å². The summed E-state index contributed by atoms with van der Waals surface area (Å²) in [5.74, 6) is 0.0452. The van der Waals surface area contributed by atoms with E-state index in [4.69, 9.17) is 0 Å². The Morgan fingerprint density at radius 2 is 2.26 bits per heavy atom. The predicted molar refractivity (Wildman–Crippen MR) is 82.6 cm³/mol. The number of nitrogens with zero attached hydrogens (tertiary/aromatic N) is 1. The standard InChI is InChI=1S/C14H15BrN2OS/c1-10-12(7-8-13(15)16-10)17-14(18)6-2-4-11-5-3-9-19-11/h3,5,7-9H,2,4,6H2,1H3,(H,17,18). The van der Waals surface area contributed by atoms with Crippen LogP contribution in [-0.2, 0) is 11.2 Å². The van der Waals surface area contributed by atoms with Crippen LogP contribution in [0.2, 0.25) is 0 Å². The number of aryl methyl sites for hydroxylation is 2. The van der Waals surface area contributed by atoms with Gasteiger partial charge in [0.2, 0.25) is 5.91 Å². The predicted octanol–water partition coefficient (Wildman–Crippen LogP) is 4.18. The van der Waals surface area contributed by atoms with Gasteiger partial charge in [-0.1, -0.05) is 6.07 Å². The van der Waals surface area contributed by atoms with Crippen molar-refractivity contribution >= 4 is 38.9 Å². The molecule has 0 aromatic carbocycles. The monoisotopic (exact) mass is 338 g/mol. The number of anilines is 1. The highest BCUT2D eigenvalue weighted by Gasteiger charge is 2.06. The molecule has 0 aliphatic heterocycles. The molecule has 0 aliphatic rings. The smallest absolute Gasteiger partial charge is 0.224 e. The van der Waals surface area contributed by atoms with E-state index in [0.717, 1.165) is 28.8 Å². The Balaban J connectivity index is 1.80. The summed E-state index contributed by atoms with van der Waals surface area (Å²) in [6.07, 6.45) is 2.37. The van der Waals surface area contributed by atoms with Crippen molar-refractivity contribution in [3.05, 3.63) is 44.8 Å². The molecule has 2 rings (SSSR count). The highest BCUT2D eigenvalue weighted by atomic mass is 79.9. The van der Waals surface area contributed by atoms with Gasteiger partial charge in [0.15, 0.2) is 0 Å². The van der Waals surface area contributed by atoms with Gasteiger partial charge in [0, 0.05) is 11.3 Å². The molecular weight excluding hydrogens is 324 g/mol. The second kappa shape index (κ2) is 6.82.